The van der Waals surface area contributed by atoms with Crippen molar-refractivity contribution < 1.29 is 24.2 Å². The molecule has 2 heterocycles. The number of amides is 1. The summed E-state index contributed by atoms with van der Waals surface area (Å²) in [5.41, 5.74) is 0.816. The molecule has 6 heteroatoms. The summed E-state index contributed by atoms with van der Waals surface area (Å²) < 4.78 is 11.4. The summed E-state index contributed by atoms with van der Waals surface area (Å²) in [5, 5.41) is 13.4. The lowest BCUT2D eigenvalue weighted by molar-refractivity contribution is -0.144. The second-order valence-electron chi connectivity index (χ2n) is 7.23. The molecule has 0 aromatic carbocycles. The van der Waals surface area contributed by atoms with Gasteiger partial charge in [0.05, 0.1) is 17.6 Å². The van der Waals surface area contributed by atoms with Gasteiger partial charge >= 0.3 is 5.97 Å². The van der Waals surface area contributed by atoms with Crippen LogP contribution in [0, 0.1) is 11.8 Å². The molecule has 0 bridgehead atoms. The number of allylic oxidation sites excluding steroid dienone is 1. The number of carbonyl (C=O) groups is 2. The predicted octanol–water partition coefficient (Wildman–Crippen LogP) is 0.929. The SMILES string of the molecule is CC(=O)NC[C@@H]1C(=O)O[C@H]2[C@H]1[C@@H](O)CC(C)=CCC[C@@]1(C)O[C@@H]21. The molecule has 1 amide bonds. The first-order valence-corrected chi connectivity index (χ1v) is 8.28. The van der Waals surface area contributed by atoms with E-state index >= 15 is 0 Å². The first-order chi connectivity index (χ1) is 10.8. The van der Waals surface area contributed by atoms with Gasteiger partial charge in [-0.2, -0.15) is 0 Å². The molecule has 0 unspecified atom stereocenters. The fourth-order valence-electron chi connectivity index (χ4n) is 3.94. The van der Waals surface area contributed by atoms with E-state index in [4.69, 9.17) is 9.47 Å². The Morgan fingerprint density at radius 3 is 2.96 bits per heavy atom. The summed E-state index contributed by atoms with van der Waals surface area (Å²) in [6.45, 7) is 5.63. The number of fused-ring (bicyclic) bond motifs is 3. The van der Waals surface area contributed by atoms with Crippen LogP contribution in [0.15, 0.2) is 11.6 Å². The minimum atomic E-state index is -0.687. The smallest absolute Gasteiger partial charge is 0.311 e. The quantitative estimate of drug-likeness (QED) is 0.448. The molecule has 23 heavy (non-hydrogen) atoms. The number of hydrogen-bond acceptors (Lipinski definition) is 5. The lowest BCUT2D eigenvalue weighted by atomic mass is 9.79. The second kappa shape index (κ2) is 5.91. The van der Waals surface area contributed by atoms with Gasteiger partial charge in [0.2, 0.25) is 5.91 Å². The van der Waals surface area contributed by atoms with Crippen molar-refractivity contribution in [2.75, 3.05) is 6.54 Å². The van der Waals surface area contributed by atoms with Gasteiger partial charge in [-0.25, -0.2) is 0 Å². The van der Waals surface area contributed by atoms with Crippen molar-refractivity contribution in [3.8, 4) is 0 Å². The zero-order valence-electron chi connectivity index (χ0n) is 13.9. The van der Waals surface area contributed by atoms with Crippen molar-refractivity contribution in [1.29, 1.82) is 0 Å². The molecule has 3 aliphatic rings. The highest BCUT2D eigenvalue weighted by molar-refractivity contribution is 5.78. The second-order valence-corrected chi connectivity index (χ2v) is 7.23. The van der Waals surface area contributed by atoms with Gasteiger partial charge < -0.3 is 19.9 Å². The molecule has 6 nitrogen and oxygen atoms in total. The van der Waals surface area contributed by atoms with E-state index in [1.165, 1.54) is 6.92 Å². The number of aliphatic hydroxyl groups is 1. The number of epoxide rings is 1. The molecule has 0 aromatic heterocycles. The van der Waals surface area contributed by atoms with Crippen LogP contribution >= 0.6 is 0 Å². The van der Waals surface area contributed by atoms with Crippen LogP contribution in [0.5, 0.6) is 0 Å². The van der Waals surface area contributed by atoms with E-state index < -0.39 is 18.1 Å². The van der Waals surface area contributed by atoms with Gasteiger partial charge in [-0.3, -0.25) is 9.59 Å². The van der Waals surface area contributed by atoms with E-state index in [0.717, 1.165) is 18.4 Å². The summed E-state index contributed by atoms with van der Waals surface area (Å²) in [5.74, 6) is -1.44. The Hall–Kier alpha value is -1.40. The lowest BCUT2D eigenvalue weighted by Gasteiger charge is -2.27. The number of hydrogen-bond donors (Lipinski definition) is 2. The number of nitrogens with one attached hydrogen (secondary N) is 1. The van der Waals surface area contributed by atoms with Crippen LogP contribution in [-0.2, 0) is 19.1 Å². The monoisotopic (exact) mass is 323 g/mol. The van der Waals surface area contributed by atoms with E-state index in [-0.39, 0.29) is 36.0 Å². The predicted molar refractivity (Wildman–Crippen MR) is 82.4 cm³/mol. The van der Waals surface area contributed by atoms with Crippen LogP contribution in [0.1, 0.15) is 40.0 Å². The summed E-state index contributed by atoms with van der Waals surface area (Å²) >= 11 is 0. The van der Waals surface area contributed by atoms with Gasteiger partial charge in [0, 0.05) is 19.4 Å². The molecule has 6 atom stereocenters. The van der Waals surface area contributed by atoms with Crippen molar-refractivity contribution in [3.05, 3.63) is 11.6 Å². The molecule has 0 saturated carbocycles. The summed E-state index contributed by atoms with van der Waals surface area (Å²) in [4.78, 5) is 23.5. The van der Waals surface area contributed by atoms with Crippen molar-refractivity contribution in [3.63, 3.8) is 0 Å². The van der Waals surface area contributed by atoms with Crippen molar-refractivity contribution in [2.24, 2.45) is 11.8 Å². The maximum absolute atomic E-state index is 12.3. The van der Waals surface area contributed by atoms with Crippen molar-refractivity contribution in [2.45, 2.75) is 63.9 Å². The Labute approximate surface area is 136 Å². The number of esters is 1. The van der Waals surface area contributed by atoms with Crippen LogP contribution in [0.4, 0.5) is 0 Å². The van der Waals surface area contributed by atoms with Gasteiger partial charge in [0.25, 0.3) is 0 Å². The van der Waals surface area contributed by atoms with E-state index in [1.54, 1.807) is 0 Å². The maximum atomic E-state index is 12.3. The average molecular weight is 323 g/mol. The number of ether oxygens (including phenoxy) is 2. The van der Waals surface area contributed by atoms with Gasteiger partial charge in [-0.15, -0.1) is 0 Å². The average Bonchev–Trinajstić information content (AvgIpc) is 3.00. The Kier molecular flexibility index (Phi) is 4.23. The number of rotatable bonds is 2. The first-order valence-electron chi connectivity index (χ1n) is 8.28. The molecule has 0 radical (unpaired) electrons. The minimum Gasteiger partial charge on any atom is -0.459 e. The van der Waals surface area contributed by atoms with Crippen molar-refractivity contribution in [1.82, 2.24) is 5.32 Å². The van der Waals surface area contributed by atoms with Gasteiger partial charge in [-0.1, -0.05) is 11.6 Å². The highest BCUT2D eigenvalue weighted by atomic mass is 16.6. The van der Waals surface area contributed by atoms with Crippen LogP contribution in [0.25, 0.3) is 0 Å². The zero-order chi connectivity index (χ0) is 16.8. The fourth-order valence-corrected chi connectivity index (χ4v) is 3.94. The summed E-state index contributed by atoms with van der Waals surface area (Å²) in [7, 11) is 0. The fraction of sp³-hybridized carbons (Fsp3) is 0.765. The van der Waals surface area contributed by atoms with E-state index in [2.05, 4.69) is 11.4 Å². The molecular weight excluding hydrogens is 298 g/mol. The first kappa shape index (κ1) is 16.5. The number of aliphatic hydroxyl groups excluding tert-OH is 1. The normalized spacial score (nSPS) is 42.9. The Morgan fingerprint density at radius 1 is 1.52 bits per heavy atom. The third kappa shape index (κ3) is 3.15. The van der Waals surface area contributed by atoms with Gasteiger partial charge in [-0.05, 0) is 33.1 Å². The van der Waals surface area contributed by atoms with Crippen LogP contribution < -0.4 is 5.32 Å². The molecular formula is C17H25NO5. The van der Waals surface area contributed by atoms with Crippen molar-refractivity contribution >= 4 is 11.9 Å². The molecule has 2 N–H and O–H groups in total. The topological polar surface area (TPSA) is 88.2 Å². The van der Waals surface area contributed by atoms with E-state index in [9.17, 15) is 14.7 Å². The molecule has 0 aromatic rings. The van der Waals surface area contributed by atoms with E-state index in [1.807, 2.05) is 13.8 Å². The molecule has 128 valence electrons. The third-order valence-corrected chi connectivity index (χ3v) is 5.32. The van der Waals surface area contributed by atoms with Gasteiger partial charge in [0.1, 0.15) is 12.2 Å². The molecule has 0 spiro atoms. The molecule has 1 aliphatic carbocycles. The Morgan fingerprint density at radius 2 is 2.26 bits per heavy atom. The standard InChI is InChI=1S/C17H25NO5/c1-9-5-4-6-17(3)15(23-17)14-13(12(20)7-9)11(16(21)22-14)8-18-10(2)19/h5,11-15,20H,4,6-8H2,1-3H3,(H,18,19)/t11-,12-,13+,14-,15-,17+/m0/s1. The molecule has 2 saturated heterocycles. The van der Waals surface area contributed by atoms with Crippen LogP contribution in [0.2, 0.25) is 0 Å². The zero-order valence-corrected chi connectivity index (χ0v) is 13.9. The Bertz CT molecular complexity index is 545. The third-order valence-electron chi connectivity index (χ3n) is 5.32. The van der Waals surface area contributed by atoms with Crippen LogP contribution in [-0.4, -0.2) is 47.4 Å². The summed E-state index contributed by atoms with van der Waals surface area (Å²) in [6, 6.07) is 0. The highest BCUT2D eigenvalue weighted by Gasteiger charge is 2.64. The molecule has 2 fully saturated rings. The van der Waals surface area contributed by atoms with Crippen LogP contribution in [0.3, 0.4) is 0 Å². The van der Waals surface area contributed by atoms with E-state index in [0.29, 0.717) is 6.42 Å². The lowest BCUT2D eigenvalue weighted by Crippen LogP contribution is -2.41. The largest absolute Gasteiger partial charge is 0.459 e. The van der Waals surface area contributed by atoms with Gasteiger partial charge in [0.15, 0.2) is 0 Å². The molecule has 2 aliphatic heterocycles. The maximum Gasteiger partial charge on any atom is 0.311 e. The minimum absolute atomic E-state index is 0.166. The summed E-state index contributed by atoms with van der Waals surface area (Å²) in [6.07, 6.45) is 3.13. The Balaban J connectivity index is 1.86. The number of carbonyl (C=O) groups excluding carboxylic acids is 2. The molecule has 3 rings (SSSR count). The highest BCUT2D eigenvalue weighted by Crippen LogP contribution is 2.50.